The summed E-state index contributed by atoms with van der Waals surface area (Å²) < 4.78 is 0. The van der Waals surface area contributed by atoms with Crippen LogP contribution in [0.5, 0.6) is 0 Å². The van der Waals surface area contributed by atoms with E-state index in [1.165, 1.54) is 12.8 Å². The third-order valence-electron chi connectivity index (χ3n) is 3.36. The average Bonchev–Trinajstić information content (AvgIpc) is 2.31. The number of nitrogens with two attached hydrogens (primary N) is 3. The minimum atomic E-state index is 0.190. The third-order valence-corrected chi connectivity index (χ3v) is 3.36. The largest absolute Gasteiger partial charge is 0.368 e. The SMILES string of the molecule is NCCC1CCN(Cc2nc(N)nc(N)n2)CC1. The van der Waals surface area contributed by atoms with Crippen molar-refractivity contribution >= 4 is 11.9 Å². The van der Waals surface area contributed by atoms with Crippen LogP contribution in [0, 0.1) is 5.92 Å². The van der Waals surface area contributed by atoms with Gasteiger partial charge in [0.2, 0.25) is 11.9 Å². The second-order valence-corrected chi connectivity index (χ2v) is 4.76. The molecule has 1 fully saturated rings. The molecule has 1 aromatic heterocycles. The highest BCUT2D eigenvalue weighted by Gasteiger charge is 2.19. The molecule has 0 bridgehead atoms. The summed E-state index contributed by atoms with van der Waals surface area (Å²) in [5, 5.41) is 0. The van der Waals surface area contributed by atoms with Crippen molar-refractivity contribution in [3.8, 4) is 0 Å². The maximum absolute atomic E-state index is 5.58. The van der Waals surface area contributed by atoms with Crippen LogP contribution in [-0.2, 0) is 6.54 Å². The van der Waals surface area contributed by atoms with E-state index in [-0.39, 0.29) is 11.9 Å². The Bertz CT molecular complexity index is 367. The topological polar surface area (TPSA) is 120 Å². The van der Waals surface area contributed by atoms with Crippen molar-refractivity contribution < 1.29 is 0 Å². The van der Waals surface area contributed by atoms with Gasteiger partial charge >= 0.3 is 0 Å². The molecule has 0 unspecified atom stereocenters. The standard InChI is InChI=1S/C11H21N7/c12-4-1-8-2-5-18(6-3-8)7-9-15-10(13)17-11(14)16-9/h8H,1-7,12H2,(H4,13,14,15,16,17). The van der Waals surface area contributed by atoms with E-state index in [4.69, 9.17) is 17.2 Å². The third kappa shape index (κ3) is 3.51. The van der Waals surface area contributed by atoms with E-state index in [1.807, 2.05) is 0 Å². The average molecular weight is 251 g/mol. The lowest BCUT2D eigenvalue weighted by atomic mass is 9.94. The summed E-state index contributed by atoms with van der Waals surface area (Å²) in [4.78, 5) is 14.3. The highest BCUT2D eigenvalue weighted by atomic mass is 15.2. The Hall–Kier alpha value is -1.47. The van der Waals surface area contributed by atoms with Gasteiger partial charge in [0.1, 0.15) is 5.82 Å². The molecule has 0 atom stereocenters. The quantitative estimate of drug-likeness (QED) is 0.665. The molecule has 6 N–H and O–H groups in total. The first-order valence-electron chi connectivity index (χ1n) is 6.35. The maximum Gasteiger partial charge on any atom is 0.225 e. The summed E-state index contributed by atoms with van der Waals surface area (Å²) in [5.41, 5.74) is 16.7. The van der Waals surface area contributed by atoms with Gasteiger partial charge in [0.15, 0.2) is 0 Å². The summed E-state index contributed by atoms with van der Waals surface area (Å²) in [6.07, 6.45) is 3.50. The first-order valence-corrected chi connectivity index (χ1v) is 6.35. The molecule has 1 aliphatic heterocycles. The minimum absolute atomic E-state index is 0.190. The molecule has 7 nitrogen and oxygen atoms in total. The molecule has 18 heavy (non-hydrogen) atoms. The van der Waals surface area contributed by atoms with Crippen LogP contribution in [0.2, 0.25) is 0 Å². The molecule has 0 aliphatic carbocycles. The van der Waals surface area contributed by atoms with Crippen molar-refractivity contribution in [2.45, 2.75) is 25.8 Å². The number of aromatic nitrogens is 3. The molecule has 1 saturated heterocycles. The monoisotopic (exact) mass is 251 g/mol. The molecule has 0 spiro atoms. The van der Waals surface area contributed by atoms with Gasteiger partial charge in [0.25, 0.3) is 0 Å². The highest BCUT2D eigenvalue weighted by molar-refractivity contribution is 5.25. The fraction of sp³-hybridized carbons (Fsp3) is 0.727. The zero-order chi connectivity index (χ0) is 13.0. The molecule has 0 saturated carbocycles. The van der Waals surface area contributed by atoms with Crippen LogP contribution in [-0.4, -0.2) is 39.5 Å². The van der Waals surface area contributed by atoms with Crippen molar-refractivity contribution in [2.24, 2.45) is 11.7 Å². The zero-order valence-electron chi connectivity index (χ0n) is 10.5. The minimum Gasteiger partial charge on any atom is -0.368 e. The predicted octanol–water partition coefficient (Wildman–Crippen LogP) is -0.403. The molecule has 2 rings (SSSR count). The van der Waals surface area contributed by atoms with Crippen molar-refractivity contribution in [3.05, 3.63) is 5.82 Å². The van der Waals surface area contributed by atoms with Crippen LogP contribution < -0.4 is 17.2 Å². The zero-order valence-corrected chi connectivity index (χ0v) is 10.5. The maximum atomic E-state index is 5.58. The lowest BCUT2D eigenvalue weighted by molar-refractivity contribution is 0.170. The van der Waals surface area contributed by atoms with E-state index in [2.05, 4.69) is 19.9 Å². The second kappa shape index (κ2) is 5.92. The number of hydrogen-bond donors (Lipinski definition) is 3. The van der Waals surface area contributed by atoms with Crippen molar-refractivity contribution in [3.63, 3.8) is 0 Å². The van der Waals surface area contributed by atoms with Gasteiger partial charge in [-0.1, -0.05) is 0 Å². The molecule has 0 aromatic carbocycles. The van der Waals surface area contributed by atoms with Gasteiger partial charge in [0, 0.05) is 0 Å². The van der Waals surface area contributed by atoms with Crippen LogP contribution in [0.3, 0.4) is 0 Å². The van der Waals surface area contributed by atoms with Gasteiger partial charge in [-0.2, -0.15) is 15.0 Å². The van der Waals surface area contributed by atoms with Crippen LogP contribution in [0.15, 0.2) is 0 Å². The van der Waals surface area contributed by atoms with E-state index in [9.17, 15) is 0 Å². The normalized spacial score (nSPS) is 18.1. The van der Waals surface area contributed by atoms with Gasteiger partial charge in [-0.05, 0) is 44.8 Å². The lowest BCUT2D eigenvalue weighted by Gasteiger charge is -2.31. The molecule has 1 aromatic rings. The van der Waals surface area contributed by atoms with Gasteiger partial charge in [-0.3, -0.25) is 4.90 Å². The summed E-state index contributed by atoms with van der Waals surface area (Å²) in [6.45, 7) is 3.57. The summed E-state index contributed by atoms with van der Waals surface area (Å²) in [7, 11) is 0. The van der Waals surface area contributed by atoms with Crippen LogP contribution in [0.25, 0.3) is 0 Å². The van der Waals surface area contributed by atoms with E-state index in [0.717, 1.165) is 32.0 Å². The fourth-order valence-corrected chi connectivity index (χ4v) is 2.40. The Morgan fingerprint density at radius 1 is 1.06 bits per heavy atom. The van der Waals surface area contributed by atoms with E-state index >= 15 is 0 Å². The van der Waals surface area contributed by atoms with Crippen LogP contribution >= 0.6 is 0 Å². The Morgan fingerprint density at radius 2 is 1.67 bits per heavy atom. The number of anilines is 2. The van der Waals surface area contributed by atoms with Crippen molar-refractivity contribution in [1.29, 1.82) is 0 Å². The van der Waals surface area contributed by atoms with E-state index in [0.29, 0.717) is 12.4 Å². The Morgan fingerprint density at radius 3 is 2.22 bits per heavy atom. The second-order valence-electron chi connectivity index (χ2n) is 4.76. The number of piperidine rings is 1. The Kier molecular flexibility index (Phi) is 4.27. The Labute approximate surface area is 107 Å². The Balaban J connectivity index is 1.87. The molecular formula is C11H21N7. The fourth-order valence-electron chi connectivity index (χ4n) is 2.40. The molecule has 2 heterocycles. The van der Waals surface area contributed by atoms with Gasteiger partial charge < -0.3 is 17.2 Å². The first kappa shape index (κ1) is 13.0. The summed E-state index contributed by atoms with van der Waals surface area (Å²) in [5.74, 6) is 1.79. The smallest absolute Gasteiger partial charge is 0.225 e. The van der Waals surface area contributed by atoms with Crippen molar-refractivity contribution in [2.75, 3.05) is 31.1 Å². The molecule has 1 aliphatic rings. The highest BCUT2D eigenvalue weighted by Crippen LogP contribution is 2.20. The van der Waals surface area contributed by atoms with E-state index < -0.39 is 0 Å². The number of rotatable bonds is 4. The lowest BCUT2D eigenvalue weighted by Crippen LogP contribution is -2.34. The summed E-state index contributed by atoms with van der Waals surface area (Å²) in [6, 6.07) is 0. The molecular weight excluding hydrogens is 230 g/mol. The molecule has 0 amide bonds. The van der Waals surface area contributed by atoms with Gasteiger partial charge in [-0.15, -0.1) is 0 Å². The number of nitrogen functional groups attached to an aromatic ring is 2. The number of hydrogen-bond acceptors (Lipinski definition) is 7. The number of nitrogens with zero attached hydrogens (tertiary/aromatic N) is 4. The van der Waals surface area contributed by atoms with Crippen LogP contribution in [0.1, 0.15) is 25.1 Å². The van der Waals surface area contributed by atoms with E-state index in [1.54, 1.807) is 0 Å². The first-order chi connectivity index (χ1) is 8.67. The van der Waals surface area contributed by atoms with Crippen molar-refractivity contribution in [1.82, 2.24) is 19.9 Å². The van der Waals surface area contributed by atoms with Gasteiger partial charge in [0.05, 0.1) is 6.54 Å². The summed E-state index contributed by atoms with van der Waals surface area (Å²) >= 11 is 0. The number of likely N-dealkylation sites (tertiary alicyclic amines) is 1. The van der Waals surface area contributed by atoms with Gasteiger partial charge in [-0.25, -0.2) is 0 Å². The molecule has 7 heteroatoms. The molecule has 100 valence electrons. The predicted molar refractivity (Wildman–Crippen MR) is 70.3 cm³/mol. The molecule has 0 radical (unpaired) electrons. The van der Waals surface area contributed by atoms with Crippen LogP contribution in [0.4, 0.5) is 11.9 Å².